The molecule has 0 saturated carbocycles. The molecule has 0 aliphatic carbocycles. The number of carbonyl (C=O) groups is 1. The monoisotopic (exact) mass is 313 g/mol. The molecule has 0 unspecified atom stereocenters. The van der Waals surface area contributed by atoms with Gasteiger partial charge in [0.05, 0.1) is 0 Å². The van der Waals surface area contributed by atoms with E-state index in [0.29, 0.717) is 0 Å². The summed E-state index contributed by atoms with van der Waals surface area (Å²) in [6.07, 6.45) is 2.02. The van der Waals surface area contributed by atoms with Gasteiger partial charge >= 0.3 is 0 Å². The van der Waals surface area contributed by atoms with E-state index in [1.54, 1.807) is 19.0 Å². The van der Waals surface area contributed by atoms with Crippen molar-refractivity contribution < 1.29 is 4.79 Å². The van der Waals surface area contributed by atoms with Gasteiger partial charge in [-0.05, 0) is 61.2 Å². The number of aryl methyl sites for hydroxylation is 4. The number of rotatable bonds is 4. The summed E-state index contributed by atoms with van der Waals surface area (Å²) in [6.45, 7) is 4.16. The lowest BCUT2D eigenvalue weighted by atomic mass is 10.0. The van der Waals surface area contributed by atoms with Gasteiger partial charge in [-0.2, -0.15) is 0 Å². The van der Waals surface area contributed by atoms with Gasteiger partial charge in [0.25, 0.3) is 5.24 Å². The molecule has 0 aliphatic rings. The van der Waals surface area contributed by atoms with E-state index in [9.17, 15) is 4.79 Å². The molecular formula is C19H23NOS. The molecule has 1 amide bonds. The summed E-state index contributed by atoms with van der Waals surface area (Å²) in [5, 5.41) is 0.0683. The summed E-state index contributed by atoms with van der Waals surface area (Å²) >= 11 is 1.30. The van der Waals surface area contributed by atoms with Crippen LogP contribution in [0.1, 0.15) is 22.3 Å². The minimum Gasteiger partial charge on any atom is -0.339 e. The van der Waals surface area contributed by atoms with Gasteiger partial charge < -0.3 is 4.90 Å². The lowest BCUT2D eigenvalue weighted by Crippen LogP contribution is -2.16. The summed E-state index contributed by atoms with van der Waals surface area (Å²) in [5.41, 5.74) is 5.07. The van der Waals surface area contributed by atoms with E-state index in [-0.39, 0.29) is 5.24 Å². The second kappa shape index (κ2) is 7.50. The summed E-state index contributed by atoms with van der Waals surface area (Å²) in [5.74, 6) is 0. The molecule has 0 aliphatic heterocycles. The highest BCUT2D eigenvalue weighted by atomic mass is 32.2. The Balaban J connectivity index is 2.05. The molecule has 0 N–H and O–H groups in total. The van der Waals surface area contributed by atoms with E-state index < -0.39 is 0 Å². The Morgan fingerprint density at radius 3 is 2.18 bits per heavy atom. The average molecular weight is 313 g/mol. The average Bonchev–Trinajstić information content (AvgIpc) is 2.49. The predicted molar refractivity (Wildman–Crippen MR) is 94.7 cm³/mol. The third-order valence-electron chi connectivity index (χ3n) is 3.64. The normalized spacial score (nSPS) is 10.5. The quantitative estimate of drug-likeness (QED) is 0.751. The third kappa shape index (κ3) is 4.63. The van der Waals surface area contributed by atoms with Crippen LogP contribution in [0.25, 0.3) is 0 Å². The van der Waals surface area contributed by atoms with Gasteiger partial charge in [0.15, 0.2) is 0 Å². The second-order valence-corrected chi connectivity index (χ2v) is 6.84. The zero-order valence-electron chi connectivity index (χ0n) is 13.7. The number of hydrogen-bond acceptors (Lipinski definition) is 2. The summed E-state index contributed by atoms with van der Waals surface area (Å²) in [7, 11) is 3.57. The predicted octanol–water partition coefficient (Wildman–Crippen LogP) is 4.86. The maximum atomic E-state index is 11.9. The van der Waals surface area contributed by atoms with Crippen LogP contribution >= 0.6 is 11.8 Å². The molecule has 0 fully saturated rings. The van der Waals surface area contributed by atoms with Gasteiger partial charge in [0, 0.05) is 19.0 Å². The highest BCUT2D eigenvalue weighted by molar-refractivity contribution is 8.13. The van der Waals surface area contributed by atoms with Crippen LogP contribution < -0.4 is 0 Å². The van der Waals surface area contributed by atoms with Crippen molar-refractivity contribution in [2.24, 2.45) is 0 Å². The van der Waals surface area contributed by atoms with Gasteiger partial charge in [0.1, 0.15) is 0 Å². The third-order valence-corrected chi connectivity index (χ3v) is 4.84. The zero-order chi connectivity index (χ0) is 16.1. The molecule has 0 spiro atoms. The van der Waals surface area contributed by atoms with Crippen LogP contribution in [0.2, 0.25) is 0 Å². The minimum atomic E-state index is 0.0683. The van der Waals surface area contributed by atoms with Gasteiger partial charge in [-0.15, -0.1) is 0 Å². The van der Waals surface area contributed by atoms with Gasteiger partial charge in [-0.1, -0.05) is 42.0 Å². The van der Waals surface area contributed by atoms with Crippen LogP contribution in [0.3, 0.4) is 0 Å². The van der Waals surface area contributed by atoms with Gasteiger partial charge in [-0.3, -0.25) is 4.79 Å². The first-order valence-corrected chi connectivity index (χ1v) is 8.31. The van der Waals surface area contributed by atoms with Crippen LogP contribution in [0.4, 0.5) is 4.79 Å². The smallest absolute Gasteiger partial charge is 0.285 e. The zero-order valence-corrected chi connectivity index (χ0v) is 14.5. The molecule has 2 rings (SSSR count). The van der Waals surface area contributed by atoms with Crippen LogP contribution in [-0.4, -0.2) is 24.2 Å². The molecule has 0 bridgehead atoms. The van der Waals surface area contributed by atoms with Crippen molar-refractivity contribution in [1.82, 2.24) is 4.90 Å². The number of carbonyl (C=O) groups excluding carboxylic acids is 1. The fraction of sp³-hybridized carbons (Fsp3) is 0.316. The fourth-order valence-corrected chi connectivity index (χ4v) is 2.95. The van der Waals surface area contributed by atoms with Crippen molar-refractivity contribution in [3.8, 4) is 0 Å². The van der Waals surface area contributed by atoms with Crippen molar-refractivity contribution in [1.29, 1.82) is 0 Å². The van der Waals surface area contributed by atoms with Crippen molar-refractivity contribution in [2.75, 3.05) is 14.1 Å². The Bertz CT molecular complexity index is 647. The Hall–Kier alpha value is -1.74. The maximum Gasteiger partial charge on any atom is 0.285 e. The molecule has 0 aromatic heterocycles. The first-order chi connectivity index (χ1) is 10.5. The summed E-state index contributed by atoms with van der Waals surface area (Å²) in [6, 6.07) is 15.1. The molecule has 2 aromatic carbocycles. The second-order valence-electron chi connectivity index (χ2n) is 5.85. The molecular weight excluding hydrogens is 290 g/mol. The molecule has 2 aromatic rings. The molecule has 0 saturated heterocycles. The van der Waals surface area contributed by atoms with Crippen molar-refractivity contribution in [2.45, 2.75) is 31.6 Å². The Morgan fingerprint density at radius 2 is 1.55 bits per heavy atom. The number of nitrogens with zero attached hydrogens (tertiary/aromatic N) is 1. The van der Waals surface area contributed by atoms with Gasteiger partial charge in [0.2, 0.25) is 0 Å². The molecule has 116 valence electrons. The lowest BCUT2D eigenvalue weighted by Gasteiger charge is -2.12. The van der Waals surface area contributed by atoms with E-state index in [1.165, 1.54) is 28.5 Å². The van der Waals surface area contributed by atoms with Crippen molar-refractivity contribution >= 4 is 17.0 Å². The summed E-state index contributed by atoms with van der Waals surface area (Å²) < 4.78 is 0. The molecule has 2 nitrogen and oxygen atoms in total. The van der Waals surface area contributed by atoms with Crippen molar-refractivity contribution in [3.63, 3.8) is 0 Å². The highest BCUT2D eigenvalue weighted by Crippen LogP contribution is 2.26. The number of benzene rings is 2. The van der Waals surface area contributed by atoms with Gasteiger partial charge in [-0.25, -0.2) is 0 Å². The Morgan fingerprint density at radius 1 is 0.955 bits per heavy atom. The van der Waals surface area contributed by atoms with Crippen LogP contribution in [-0.2, 0) is 12.8 Å². The Labute approximate surface area is 137 Å². The SMILES string of the molecule is Cc1ccc(CCc2ccc(C)c(SC(=O)N(C)C)c2)cc1. The largest absolute Gasteiger partial charge is 0.339 e. The van der Waals surface area contributed by atoms with E-state index in [0.717, 1.165) is 23.3 Å². The van der Waals surface area contributed by atoms with Crippen LogP contribution in [0.15, 0.2) is 47.4 Å². The van der Waals surface area contributed by atoms with E-state index in [1.807, 2.05) is 0 Å². The summed E-state index contributed by atoms with van der Waals surface area (Å²) in [4.78, 5) is 14.5. The number of hydrogen-bond donors (Lipinski definition) is 0. The number of amides is 1. The Kier molecular flexibility index (Phi) is 5.67. The topological polar surface area (TPSA) is 20.3 Å². The number of thioether (sulfide) groups is 1. The fourth-order valence-electron chi connectivity index (χ4n) is 2.14. The minimum absolute atomic E-state index is 0.0683. The van der Waals surface area contributed by atoms with E-state index in [2.05, 4.69) is 56.3 Å². The standard InChI is InChI=1S/C19H23NOS/c1-14-5-8-16(9-6-14)11-12-17-10-7-15(2)18(13-17)22-19(21)20(3)4/h5-10,13H,11-12H2,1-4H3. The molecule has 0 atom stereocenters. The first-order valence-electron chi connectivity index (χ1n) is 7.50. The van der Waals surface area contributed by atoms with Crippen LogP contribution in [0, 0.1) is 13.8 Å². The maximum absolute atomic E-state index is 11.9. The molecule has 3 heteroatoms. The van der Waals surface area contributed by atoms with E-state index >= 15 is 0 Å². The first kappa shape index (κ1) is 16.6. The highest BCUT2D eigenvalue weighted by Gasteiger charge is 2.09. The molecule has 0 heterocycles. The van der Waals surface area contributed by atoms with Crippen LogP contribution in [0.5, 0.6) is 0 Å². The van der Waals surface area contributed by atoms with E-state index in [4.69, 9.17) is 0 Å². The molecule has 22 heavy (non-hydrogen) atoms. The van der Waals surface area contributed by atoms with Crippen molar-refractivity contribution in [3.05, 3.63) is 64.7 Å². The lowest BCUT2D eigenvalue weighted by molar-refractivity contribution is 0.241. The molecule has 0 radical (unpaired) electrons.